The Hall–Kier alpha value is -5.02. The highest BCUT2D eigenvalue weighted by Gasteiger charge is 2.53. The Morgan fingerprint density at radius 3 is 0.783 bits per heavy atom. The Kier molecular flexibility index (Phi) is 14.9. The minimum atomic E-state index is -6.25. The van der Waals surface area contributed by atoms with Crippen LogP contribution in [0.5, 0.6) is 23.0 Å². The summed E-state index contributed by atoms with van der Waals surface area (Å²) in [5, 5.41) is 0. The van der Waals surface area contributed by atoms with Gasteiger partial charge in [-0.2, -0.15) is 17.6 Å². The number of methoxy groups -OCH3 is 4. The summed E-state index contributed by atoms with van der Waals surface area (Å²) in [6.07, 6.45) is 1.16. The lowest BCUT2D eigenvalue weighted by molar-refractivity contribution is -0.923. The molecule has 0 atom stereocenters. The summed E-state index contributed by atoms with van der Waals surface area (Å²) in [7, 11) is 0.880. The van der Waals surface area contributed by atoms with Gasteiger partial charge in [-0.1, -0.05) is 6.42 Å². The molecule has 60 heavy (non-hydrogen) atoms. The molecule has 0 aliphatic heterocycles. The van der Waals surface area contributed by atoms with E-state index in [0.29, 0.717) is 0 Å². The maximum absolute atomic E-state index is 16.3. The Morgan fingerprint density at radius 2 is 0.583 bits per heavy atom. The molecule has 1 aliphatic rings. The highest BCUT2D eigenvalue weighted by atomic mass is 19.2. The molecule has 1 aliphatic carbocycles. The maximum Gasteiger partial charge on any atom is 0.201 e. The van der Waals surface area contributed by atoms with E-state index >= 15 is 52.7 Å². The first-order valence-electron chi connectivity index (χ1n) is 17.9. The molecule has 1 N–H and O–H groups in total. The first kappa shape index (κ1) is 47.7. The fourth-order valence-electron chi connectivity index (χ4n) is 8.06. The average molecular weight is 883 g/mol. The van der Waals surface area contributed by atoms with E-state index < -0.39 is 144 Å². The van der Waals surface area contributed by atoms with Crippen molar-refractivity contribution in [2.75, 3.05) is 41.5 Å². The van der Waals surface area contributed by atoms with Crippen molar-refractivity contribution < 1.29 is 94.1 Å². The molecule has 0 heterocycles. The first-order valence-corrected chi connectivity index (χ1v) is 17.9. The molecule has 0 spiro atoms. The van der Waals surface area contributed by atoms with Gasteiger partial charge < -0.3 is 23.8 Å². The summed E-state index contributed by atoms with van der Waals surface area (Å²) in [4.78, 5) is 1.82. The molecule has 0 unspecified atom stereocenters. The van der Waals surface area contributed by atoms with Crippen LogP contribution in [0.4, 0.5) is 70.2 Å². The summed E-state index contributed by atoms with van der Waals surface area (Å²) in [6.45, 7) is 7.27. The summed E-state index contributed by atoms with van der Waals surface area (Å²) in [5.41, 5.74) is -10.4. The second-order valence-corrected chi connectivity index (χ2v) is 13.4. The van der Waals surface area contributed by atoms with Crippen LogP contribution in [0.15, 0.2) is 0 Å². The van der Waals surface area contributed by atoms with Gasteiger partial charge in [-0.15, -0.1) is 21.9 Å². The Bertz CT molecular complexity index is 1990. The van der Waals surface area contributed by atoms with Crippen LogP contribution in [-0.2, 0) is 0 Å². The SMILES string of the molecule is CC[NH+](CC)C1CCCCC1.COc1c(F)c(F)c(F)c(F)c1[B-](c1c(F)c(F)c(F)c(F)c1OC)(c1c(F)c(F)c(F)c(F)c1OC)c1c(F)c(F)c(F)c(F)c1OC. The number of benzene rings is 4. The number of quaternary nitrogens is 1. The van der Waals surface area contributed by atoms with Crippen LogP contribution in [0.3, 0.4) is 0 Å². The predicted molar refractivity (Wildman–Crippen MR) is 185 cm³/mol. The van der Waals surface area contributed by atoms with Crippen LogP contribution in [0, 0.1) is 93.1 Å². The number of hydrogen-bond donors (Lipinski definition) is 1. The molecule has 0 aromatic heterocycles. The zero-order chi connectivity index (χ0) is 45.3. The smallest absolute Gasteiger partial charge is 0.201 e. The molecule has 0 radical (unpaired) electrons. The highest BCUT2D eigenvalue weighted by Crippen LogP contribution is 2.38. The molecule has 0 bridgehead atoms. The van der Waals surface area contributed by atoms with Crippen molar-refractivity contribution in [3.05, 3.63) is 93.1 Å². The van der Waals surface area contributed by atoms with Gasteiger partial charge in [-0.3, -0.25) is 0 Å². The van der Waals surface area contributed by atoms with Crippen LogP contribution in [0.1, 0.15) is 46.0 Å². The van der Waals surface area contributed by atoms with Gasteiger partial charge in [0.1, 0.15) is 52.4 Å². The van der Waals surface area contributed by atoms with Gasteiger partial charge in [0.25, 0.3) is 0 Å². The predicted octanol–water partition coefficient (Wildman–Crippen LogP) is 6.57. The van der Waals surface area contributed by atoms with E-state index in [4.69, 9.17) is 0 Å². The number of ether oxygens (including phenoxy) is 4. The van der Waals surface area contributed by atoms with Gasteiger partial charge in [0.2, 0.25) is 46.5 Å². The largest absolute Gasteiger partial charge is 0.497 e. The lowest BCUT2D eigenvalue weighted by atomic mass is 9.12. The lowest BCUT2D eigenvalue weighted by Crippen LogP contribution is -3.15. The highest BCUT2D eigenvalue weighted by molar-refractivity contribution is 7.21. The van der Waals surface area contributed by atoms with Crippen LogP contribution in [-0.4, -0.2) is 53.7 Å². The molecule has 5 rings (SSSR count). The van der Waals surface area contributed by atoms with Gasteiger partial charge in [0.05, 0.1) is 47.6 Å². The van der Waals surface area contributed by atoms with Gasteiger partial charge >= 0.3 is 0 Å². The number of hydrogen-bond acceptors (Lipinski definition) is 4. The number of nitrogens with one attached hydrogen (secondary N) is 1. The van der Waals surface area contributed by atoms with Crippen LogP contribution >= 0.6 is 0 Å². The van der Waals surface area contributed by atoms with Crippen LogP contribution in [0.2, 0.25) is 0 Å². The third-order valence-electron chi connectivity index (χ3n) is 10.7. The second-order valence-electron chi connectivity index (χ2n) is 13.4. The van der Waals surface area contributed by atoms with E-state index in [-0.39, 0.29) is 28.4 Å². The quantitative estimate of drug-likeness (QED) is 0.0803. The molecule has 0 saturated heterocycles. The van der Waals surface area contributed by atoms with Gasteiger partial charge in [-0.25, -0.2) is 52.7 Å². The monoisotopic (exact) mass is 883 g/mol. The third-order valence-corrected chi connectivity index (χ3v) is 10.7. The molecular formula is C38H34BF16NO4. The van der Waals surface area contributed by atoms with Crippen molar-refractivity contribution in [2.45, 2.75) is 52.0 Å². The standard InChI is InChI=1S/C28H12BF16O4.C10H21N/c1-46-25-5(9(30)13(34)17(38)21(25)42)29(6-10(31)14(35)18(39)22(43)26(6)47-2,7-11(32)15(36)19(40)23(44)27(7)48-3)8-12(33)16(37)20(41)24(45)28(8)49-4;1-3-11(4-2)10-8-6-5-7-9-10/h1-4H3;10H,3-9H2,1-2H3/q-1;/p+1. The molecule has 330 valence electrons. The van der Waals surface area contributed by atoms with Gasteiger partial charge in [-0.05, 0) is 39.5 Å². The minimum Gasteiger partial charge on any atom is -0.497 e. The molecular weight excluding hydrogens is 849 g/mol. The first-order chi connectivity index (χ1) is 28.2. The molecule has 22 heteroatoms. The molecule has 1 saturated carbocycles. The number of rotatable bonds is 11. The Labute approximate surface area is 331 Å². The fraction of sp³-hybridized carbons (Fsp3) is 0.368. The third kappa shape index (κ3) is 7.41. The van der Waals surface area contributed by atoms with Crippen molar-refractivity contribution in [1.82, 2.24) is 0 Å². The van der Waals surface area contributed by atoms with Gasteiger partial charge in [0, 0.05) is 0 Å². The van der Waals surface area contributed by atoms with Crippen LogP contribution < -0.4 is 45.7 Å². The Balaban J connectivity index is 0.000000624. The van der Waals surface area contributed by atoms with E-state index in [1.165, 1.54) is 45.2 Å². The number of halogens is 16. The van der Waals surface area contributed by atoms with Crippen molar-refractivity contribution in [1.29, 1.82) is 0 Å². The van der Waals surface area contributed by atoms with E-state index in [9.17, 15) is 17.6 Å². The Morgan fingerprint density at radius 1 is 0.367 bits per heavy atom. The summed E-state index contributed by atoms with van der Waals surface area (Å²) in [5.74, 6) is -56.6. The minimum absolute atomic E-state index is 0.220. The van der Waals surface area contributed by atoms with E-state index in [2.05, 4.69) is 32.8 Å². The second kappa shape index (κ2) is 18.7. The summed E-state index contributed by atoms with van der Waals surface area (Å²) < 4.78 is 263. The summed E-state index contributed by atoms with van der Waals surface area (Å²) >= 11 is 0. The van der Waals surface area contributed by atoms with E-state index in [0.717, 1.165) is 6.04 Å². The maximum atomic E-state index is 16.3. The molecule has 0 amide bonds. The average Bonchev–Trinajstić information content (AvgIpc) is 3.25. The van der Waals surface area contributed by atoms with Crippen molar-refractivity contribution in [2.24, 2.45) is 0 Å². The molecule has 4 aromatic carbocycles. The zero-order valence-corrected chi connectivity index (χ0v) is 32.3. The lowest BCUT2D eigenvalue weighted by Gasteiger charge is -2.46. The van der Waals surface area contributed by atoms with Crippen molar-refractivity contribution in [3.8, 4) is 23.0 Å². The zero-order valence-electron chi connectivity index (χ0n) is 32.3. The van der Waals surface area contributed by atoms with Crippen LogP contribution in [0.25, 0.3) is 0 Å². The molecule has 1 fully saturated rings. The van der Waals surface area contributed by atoms with Crippen molar-refractivity contribution >= 4 is 28.0 Å². The fourth-order valence-corrected chi connectivity index (χ4v) is 8.06. The normalized spacial score (nSPS) is 13.4. The summed E-state index contributed by atoms with van der Waals surface area (Å²) in [6, 6.07) is 0.999. The van der Waals surface area contributed by atoms with E-state index in [1.807, 2.05) is 4.90 Å². The molecule has 5 nitrogen and oxygen atoms in total. The topological polar surface area (TPSA) is 41.4 Å². The molecule has 4 aromatic rings. The van der Waals surface area contributed by atoms with Gasteiger partial charge in [0.15, 0.2) is 23.3 Å². The van der Waals surface area contributed by atoms with Crippen molar-refractivity contribution in [3.63, 3.8) is 0 Å². The van der Waals surface area contributed by atoms with E-state index in [1.54, 1.807) is 0 Å².